The van der Waals surface area contributed by atoms with Gasteiger partial charge in [0.25, 0.3) is 5.91 Å². The van der Waals surface area contributed by atoms with Gasteiger partial charge in [0.2, 0.25) is 0 Å². The van der Waals surface area contributed by atoms with E-state index in [9.17, 15) is 4.79 Å². The molecule has 124 valence electrons. The average Bonchev–Trinajstić information content (AvgIpc) is 3.06. The molecule has 0 spiro atoms. The molecule has 1 amide bonds. The fraction of sp³-hybridized carbons (Fsp3) is 0.412. The lowest BCUT2D eigenvalue weighted by atomic mass is 9.96. The number of hydrogen-bond acceptors (Lipinski definition) is 3. The Morgan fingerprint density at radius 2 is 2.13 bits per heavy atom. The van der Waals surface area contributed by atoms with E-state index < -0.39 is 0 Å². The normalized spacial score (nSPS) is 17.3. The van der Waals surface area contributed by atoms with Crippen LogP contribution < -0.4 is 10.6 Å². The molecule has 1 saturated heterocycles. The molecule has 6 heteroatoms. The Morgan fingerprint density at radius 1 is 1.30 bits per heavy atom. The summed E-state index contributed by atoms with van der Waals surface area (Å²) < 4.78 is 0. The van der Waals surface area contributed by atoms with Crippen molar-refractivity contribution in [2.45, 2.75) is 19.3 Å². The maximum atomic E-state index is 12.4. The molecule has 3 N–H and O–H groups in total. The number of hydrogen-bond donors (Lipinski definition) is 3. The number of halogens is 1. The lowest BCUT2D eigenvalue weighted by Gasteiger charge is -2.22. The number of nitrogens with zero attached hydrogens (tertiary/aromatic N) is 1. The van der Waals surface area contributed by atoms with Gasteiger partial charge in [0, 0.05) is 12.1 Å². The van der Waals surface area contributed by atoms with E-state index in [0.717, 1.165) is 30.8 Å². The Bertz CT molecular complexity index is 608. The van der Waals surface area contributed by atoms with Gasteiger partial charge in [-0.1, -0.05) is 30.3 Å². The van der Waals surface area contributed by atoms with Gasteiger partial charge in [-0.25, -0.2) is 0 Å². The van der Waals surface area contributed by atoms with Crippen LogP contribution in [0.5, 0.6) is 0 Å². The van der Waals surface area contributed by atoms with Gasteiger partial charge in [0.1, 0.15) is 0 Å². The summed E-state index contributed by atoms with van der Waals surface area (Å²) in [5, 5.41) is 13.4. The minimum atomic E-state index is -0.0589. The third-order valence-corrected chi connectivity index (χ3v) is 4.18. The summed E-state index contributed by atoms with van der Waals surface area (Å²) in [4.78, 5) is 12.4. The Labute approximate surface area is 142 Å². The highest BCUT2D eigenvalue weighted by atomic mass is 35.5. The molecule has 2 heterocycles. The highest BCUT2D eigenvalue weighted by Gasteiger charge is 2.16. The molecule has 1 atom stereocenters. The van der Waals surface area contributed by atoms with Crippen LogP contribution in [0.3, 0.4) is 0 Å². The van der Waals surface area contributed by atoms with Crippen molar-refractivity contribution in [3.8, 4) is 11.3 Å². The van der Waals surface area contributed by atoms with E-state index >= 15 is 0 Å². The molecule has 1 aromatic heterocycles. The van der Waals surface area contributed by atoms with Gasteiger partial charge >= 0.3 is 0 Å². The van der Waals surface area contributed by atoms with E-state index in [1.807, 2.05) is 30.3 Å². The molecular formula is C17H23ClN4O. The molecule has 1 aliphatic rings. The lowest BCUT2D eigenvalue weighted by Crippen LogP contribution is -2.33. The maximum absolute atomic E-state index is 12.4. The van der Waals surface area contributed by atoms with Crippen LogP contribution in [0.25, 0.3) is 11.3 Å². The summed E-state index contributed by atoms with van der Waals surface area (Å²) in [5.41, 5.74) is 2.35. The molecule has 0 saturated carbocycles. The van der Waals surface area contributed by atoms with Crippen molar-refractivity contribution in [2.75, 3.05) is 19.6 Å². The fourth-order valence-corrected chi connectivity index (χ4v) is 2.94. The second-order valence-electron chi connectivity index (χ2n) is 5.78. The number of benzene rings is 1. The van der Waals surface area contributed by atoms with Crippen LogP contribution in [-0.2, 0) is 0 Å². The van der Waals surface area contributed by atoms with E-state index in [0.29, 0.717) is 18.0 Å². The zero-order valence-corrected chi connectivity index (χ0v) is 13.9. The molecular weight excluding hydrogens is 312 g/mol. The van der Waals surface area contributed by atoms with Crippen molar-refractivity contribution < 1.29 is 4.79 Å². The SMILES string of the molecule is Cl.O=C(NCCC1CCCNC1)c1cn[nH]c1-c1ccccc1. The van der Waals surface area contributed by atoms with Gasteiger partial charge < -0.3 is 10.6 Å². The molecule has 1 aromatic carbocycles. The number of nitrogens with one attached hydrogen (secondary N) is 3. The quantitative estimate of drug-likeness (QED) is 0.787. The van der Waals surface area contributed by atoms with E-state index in [2.05, 4.69) is 20.8 Å². The van der Waals surface area contributed by atoms with Gasteiger partial charge in [-0.05, 0) is 38.3 Å². The molecule has 1 unspecified atom stereocenters. The Hall–Kier alpha value is -1.85. The maximum Gasteiger partial charge on any atom is 0.255 e. The molecule has 0 aliphatic carbocycles. The van der Waals surface area contributed by atoms with Crippen molar-refractivity contribution in [1.82, 2.24) is 20.8 Å². The number of H-pyrrole nitrogens is 1. The largest absolute Gasteiger partial charge is 0.352 e. The van der Waals surface area contributed by atoms with Gasteiger partial charge in [0.15, 0.2) is 0 Å². The third kappa shape index (κ3) is 4.56. The highest BCUT2D eigenvalue weighted by molar-refractivity contribution is 5.99. The molecule has 0 bridgehead atoms. The van der Waals surface area contributed by atoms with Crippen molar-refractivity contribution >= 4 is 18.3 Å². The summed E-state index contributed by atoms with van der Waals surface area (Å²) in [6.07, 6.45) is 5.11. The second-order valence-corrected chi connectivity index (χ2v) is 5.78. The van der Waals surface area contributed by atoms with E-state index in [4.69, 9.17) is 0 Å². The smallest absolute Gasteiger partial charge is 0.255 e. The molecule has 2 aromatic rings. The van der Waals surface area contributed by atoms with Crippen LogP contribution in [0, 0.1) is 5.92 Å². The highest BCUT2D eigenvalue weighted by Crippen LogP contribution is 2.20. The number of amides is 1. The van der Waals surface area contributed by atoms with Crippen molar-refractivity contribution in [1.29, 1.82) is 0 Å². The summed E-state index contributed by atoms with van der Waals surface area (Å²) in [7, 11) is 0. The van der Waals surface area contributed by atoms with E-state index in [-0.39, 0.29) is 18.3 Å². The monoisotopic (exact) mass is 334 g/mol. The van der Waals surface area contributed by atoms with Crippen molar-refractivity contribution in [3.63, 3.8) is 0 Å². The Balaban J connectivity index is 0.00000192. The zero-order valence-electron chi connectivity index (χ0n) is 13.0. The standard InChI is InChI=1S/C17H22N4O.ClH/c22-17(19-10-8-13-5-4-9-18-11-13)15-12-20-21-16(15)14-6-2-1-3-7-14;/h1-3,6-7,12-13,18H,4-5,8-11H2,(H,19,22)(H,20,21);1H. The van der Waals surface area contributed by atoms with Crippen LogP contribution >= 0.6 is 12.4 Å². The van der Waals surface area contributed by atoms with Gasteiger partial charge in [-0.3, -0.25) is 9.89 Å². The molecule has 1 fully saturated rings. The number of aromatic nitrogens is 2. The van der Waals surface area contributed by atoms with Crippen LogP contribution in [0.15, 0.2) is 36.5 Å². The summed E-state index contributed by atoms with van der Waals surface area (Å²) in [6, 6.07) is 9.80. The first-order valence-electron chi connectivity index (χ1n) is 7.92. The zero-order chi connectivity index (χ0) is 15.2. The predicted octanol–water partition coefficient (Wildman–Crippen LogP) is 2.62. The minimum absolute atomic E-state index is 0. The van der Waals surface area contributed by atoms with Crippen molar-refractivity contribution in [2.24, 2.45) is 5.92 Å². The van der Waals surface area contributed by atoms with Crippen LogP contribution in [0.1, 0.15) is 29.6 Å². The molecule has 3 rings (SSSR count). The predicted molar refractivity (Wildman–Crippen MR) is 93.8 cm³/mol. The van der Waals surface area contributed by atoms with Crippen LogP contribution in [-0.4, -0.2) is 35.7 Å². The first-order chi connectivity index (χ1) is 10.8. The lowest BCUT2D eigenvalue weighted by molar-refractivity contribution is 0.0951. The van der Waals surface area contributed by atoms with Crippen molar-refractivity contribution in [3.05, 3.63) is 42.1 Å². The first kappa shape index (κ1) is 17.5. The number of piperidine rings is 1. The average molecular weight is 335 g/mol. The topological polar surface area (TPSA) is 69.8 Å². The van der Waals surface area contributed by atoms with E-state index in [1.54, 1.807) is 6.20 Å². The second kappa shape index (κ2) is 8.70. The molecule has 1 aliphatic heterocycles. The first-order valence-corrected chi connectivity index (χ1v) is 7.92. The number of carbonyl (C=O) groups is 1. The molecule has 23 heavy (non-hydrogen) atoms. The Kier molecular flexibility index (Phi) is 6.62. The van der Waals surface area contributed by atoms with Gasteiger partial charge in [0.05, 0.1) is 17.5 Å². The molecule has 0 radical (unpaired) electrons. The molecule has 5 nitrogen and oxygen atoms in total. The number of rotatable bonds is 5. The van der Waals surface area contributed by atoms with Gasteiger partial charge in [-0.15, -0.1) is 12.4 Å². The summed E-state index contributed by atoms with van der Waals surface area (Å²) in [5.74, 6) is 0.614. The minimum Gasteiger partial charge on any atom is -0.352 e. The summed E-state index contributed by atoms with van der Waals surface area (Å²) in [6.45, 7) is 2.90. The van der Waals surface area contributed by atoms with Crippen LogP contribution in [0.4, 0.5) is 0 Å². The fourth-order valence-electron chi connectivity index (χ4n) is 2.94. The Morgan fingerprint density at radius 3 is 2.87 bits per heavy atom. The van der Waals surface area contributed by atoms with Crippen LogP contribution in [0.2, 0.25) is 0 Å². The third-order valence-electron chi connectivity index (χ3n) is 4.18. The van der Waals surface area contributed by atoms with E-state index in [1.165, 1.54) is 12.8 Å². The number of carbonyl (C=O) groups excluding carboxylic acids is 1. The summed E-state index contributed by atoms with van der Waals surface area (Å²) >= 11 is 0. The number of aromatic amines is 1. The van der Waals surface area contributed by atoms with Gasteiger partial charge in [-0.2, -0.15) is 5.10 Å².